The van der Waals surface area contributed by atoms with Crippen molar-refractivity contribution in [2.45, 2.75) is 39.3 Å². The van der Waals surface area contributed by atoms with Gasteiger partial charge in [-0.1, -0.05) is 12.1 Å². The Bertz CT molecular complexity index is 824. The summed E-state index contributed by atoms with van der Waals surface area (Å²) in [6.45, 7) is 3.81. The minimum Gasteiger partial charge on any atom is -0.465 e. The summed E-state index contributed by atoms with van der Waals surface area (Å²) < 4.78 is 18.2. The van der Waals surface area contributed by atoms with Gasteiger partial charge in [-0.25, -0.2) is 9.18 Å². The Hall–Kier alpha value is -2.63. The van der Waals surface area contributed by atoms with Gasteiger partial charge in [0.15, 0.2) is 0 Å². The van der Waals surface area contributed by atoms with Gasteiger partial charge in [-0.15, -0.1) is 0 Å². The monoisotopic (exact) mass is 344 g/mol. The SMILES string of the molecule is COC(=O)c1c(C)[nH]c(C(=O)N(Cc2cccc(F)c2)C2CC2)c1C. The molecule has 6 heteroatoms. The fraction of sp³-hybridized carbons (Fsp3) is 0.368. The van der Waals surface area contributed by atoms with Crippen LogP contribution in [0.5, 0.6) is 0 Å². The van der Waals surface area contributed by atoms with Gasteiger partial charge in [0.2, 0.25) is 0 Å². The molecule has 1 aromatic heterocycles. The third kappa shape index (κ3) is 3.43. The number of carbonyl (C=O) groups is 2. The Morgan fingerprint density at radius 3 is 2.64 bits per heavy atom. The molecule has 1 amide bonds. The van der Waals surface area contributed by atoms with E-state index in [2.05, 4.69) is 4.98 Å². The number of halogens is 1. The molecule has 1 heterocycles. The quantitative estimate of drug-likeness (QED) is 0.846. The van der Waals surface area contributed by atoms with E-state index >= 15 is 0 Å². The molecule has 0 spiro atoms. The number of rotatable bonds is 5. The number of ether oxygens (including phenoxy) is 1. The number of aromatic amines is 1. The normalized spacial score (nSPS) is 13.6. The number of benzene rings is 1. The summed E-state index contributed by atoms with van der Waals surface area (Å²) in [4.78, 5) is 29.8. The van der Waals surface area contributed by atoms with E-state index in [0.29, 0.717) is 29.1 Å². The average molecular weight is 344 g/mol. The molecule has 0 bridgehead atoms. The van der Waals surface area contributed by atoms with E-state index in [4.69, 9.17) is 4.74 Å². The van der Waals surface area contributed by atoms with Gasteiger partial charge in [0.1, 0.15) is 11.5 Å². The minimum absolute atomic E-state index is 0.153. The van der Waals surface area contributed by atoms with Gasteiger partial charge >= 0.3 is 5.97 Å². The molecule has 132 valence electrons. The van der Waals surface area contributed by atoms with Crippen molar-refractivity contribution >= 4 is 11.9 Å². The van der Waals surface area contributed by atoms with Crippen LogP contribution in [0.3, 0.4) is 0 Å². The fourth-order valence-corrected chi connectivity index (χ4v) is 3.10. The molecular formula is C19H21FN2O3. The summed E-state index contributed by atoms with van der Waals surface area (Å²) in [5, 5.41) is 0. The second-order valence-corrected chi connectivity index (χ2v) is 6.41. The van der Waals surface area contributed by atoms with E-state index in [9.17, 15) is 14.0 Å². The third-order valence-electron chi connectivity index (χ3n) is 4.53. The number of aromatic nitrogens is 1. The van der Waals surface area contributed by atoms with Crippen LogP contribution in [-0.4, -0.2) is 34.9 Å². The predicted molar refractivity (Wildman–Crippen MR) is 90.9 cm³/mol. The molecular weight excluding hydrogens is 323 g/mol. The lowest BCUT2D eigenvalue weighted by Gasteiger charge is -2.22. The van der Waals surface area contributed by atoms with E-state index in [1.165, 1.54) is 19.2 Å². The van der Waals surface area contributed by atoms with Crippen molar-refractivity contribution in [3.8, 4) is 0 Å². The standard InChI is InChI=1S/C19H21FN2O3/c1-11-16(19(24)25-3)12(2)21-17(11)18(23)22(15-7-8-15)10-13-5-4-6-14(20)9-13/h4-6,9,15,21H,7-8,10H2,1-3H3. The lowest BCUT2D eigenvalue weighted by molar-refractivity contribution is 0.0599. The Morgan fingerprint density at radius 2 is 2.04 bits per heavy atom. The van der Waals surface area contributed by atoms with Gasteiger partial charge in [-0.2, -0.15) is 0 Å². The van der Waals surface area contributed by atoms with Crippen molar-refractivity contribution in [2.75, 3.05) is 7.11 Å². The highest BCUT2D eigenvalue weighted by molar-refractivity contribution is 6.00. The zero-order valence-corrected chi connectivity index (χ0v) is 14.6. The molecule has 0 unspecified atom stereocenters. The van der Waals surface area contributed by atoms with Crippen LogP contribution in [0.2, 0.25) is 0 Å². The maximum atomic E-state index is 13.4. The predicted octanol–water partition coefficient (Wildman–Crippen LogP) is 3.36. The first kappa shape index (κ1) is 17.2. The molecule has 0 radical (unpaired) electrons. The minimum atomic E-state index is -0.464. The van der Waals surface area contributed by atoms with E-state index < -0.39 is 5.97 Å². The molecule has 5 nitrogen and oxygen atoms in total. The lowest BCUT2D eigenvalue weighted by Crippen LogP contribution is -2.33. The van der Waals surface area contributed by atoms with Crippen LogP contribution in [0, 0.1) is 19.7 Å². The number of hydrogen-bond donors (Lipinski definition) is 1. The van der Waals surface area contributed by atoms with Gasteiger partial charge in [0.25, 0.3) is 5.91 Å². The second kappa shape index (κ2) is 6.70. The zero-order valence-electron chi connectivity index (χ0n) is 14.6. The molecule has 2 aromatic rings. The van der Waals surface area contributed by atoms with E-state index in [1.54, 1.807) is 30.9 Å². The van der Waals surface area contributed by atoms with Gasteiger partial charge in [-0.3, -0.25) is 4.79 Å². The van der Waals surface area contributed by atoms with Gasteiger partial charge in [0, 0.05) is 18.3 Å². The third-order valence-corrected chi connectivity index (χ3v) is 4.53. The fourth-order valence-electron chi connectivity index (χ4n) is 3.10. The smallest absolute Gasteiger partial charge is 0.339 e. The largest absolute Gasteiger partial charge is 0.465 e. The highest BCUT2D eigenvalue weighted by atomic mass is 19.1. The summed E-state index contributed by atoms with van der Waals surface area (Å²) in [5.41, 5.74) is 2.72. The van der Waals surface area contributed by atoms with Crippen molar-refractivity contribution in [1.29, 1.82) is 0 Å². The van der Waals surface area contributed by atoms with Gasteiger partial charge < -0.3 is 14.6 Å². The van der Waals surface area contributed by atoms with Crippen LogP contribution in [-0.2, 0) is 11.3 Å². The number of hydrogen-bond acceptors (Lipinski definition) is 3. The average Bonchev–Trinajstić information content (AvgIpc) is 3.37. The van der Waals surface area contributed by atoms with Gasteiger partial charge in [-0.05, 0) is 49.9 Å². The summed E-state index contributed by atoms with van der Waals surface area (Å²) in [6, 6.07) is 6.42. The highest BCUT2D eigenvalue weighted by Crippen LogP contribution is 2.31. The summed E-state index contributed by atoms with van der Waals surface area (Å²) >= 11 is 0. The number of methoxy groups -OCH3 is 1. The molecule has 0 aliphatic heterocycles. The van der Waals surface area contributed by atoms with Crippen molar-refractivity contribution in [3.63, 3.8) is 0 Å². The van der Waals surface area contributed by atoms with Crippen LogP contribution >= 0.6 is 0 Å². The number of carbonyl (C=O) groups excluding carboxylic acids is 2. The topological polar surface area (TPSA) is 62.4 Å². The molecule has 25 heavy (non-hydrogen) atoms. The van der Waals surface area contributed by atoms with Crippen LogP contribution in [0.15, 0.2) is 24.3 Å². The first-order valence-electron chi connectivity index (χ1n) is 8.25. The van der Waals surface area contributed by atoms with Crippen molar-refractivity contribution in [1.82, 2.24) is 9.88 Å². The second-order valence-electron chi connectivity index (χ2n) is 6.41. The Kier molecular flexibility index (Phi) is 4.61. The van der Waals surface area contributed by atoms with E-state index in [0.717, 1.165) is 18.4 Å². The summed E-state index contributed by atoms with van der Waals surface area (Å²) in [7, 11) is 1.32. The van der Waals surface area contributed by atoms with Crippen LogP contribution in [0.1, 0.15) is 50.5 Å². The maximum Gasteiger partial charge on any atom is 0.339 e. The number of amides is 1. The number of esters is 1. The van der Waals surface area contributed by atoms with Gasteiger partial charge in [0.05, 0.1) is 12.7 Å². The number of H-pyrrole nitrogens is 1. The molecule has 0 atom stereocenters. The van der Waals surface area contributed by atoms with Crippen LogP contribution in [0.4, 0.5) is 4.39 Å². The van der Waals surface area contributed by atoms with E-state index in [-0.39, 0.29) is 17.8 Å². The molecule has 1 saturated carbocycles. The Labute approximate surface area is 145 Å². The van der Waals surface area contributed by atoms with Crippen molar-refractivity contribution < 1.29 is 18.7 Å². The molecule has 1 aliphatic rings. The van der Waals surface area contributed by atoms with Crippen LogP contribution < -0.4 is 0 Å². The molecule has 1 fully saturated rings. The highest BCUT2D eigenvalue weighted by Gasteiger charge is 2.35. The van der Waals surface area contributed by atoms with Crippen LogP contribution in [0.25, 0.3) is 0 Å². The number of aryl methyl sites for hydroxylation is 1. The van der Waals surface area contributed by atoms with Crippen molar-refractivity contribution in [2.24, 2.45) is 0 Å². The molecule has 1 aliphatic carbocycles. The first-order valence-corrected chi connectivity index (χ1v) is 8.25. The Balaban J connectivity index is 1.90. The van der Waals surface area contributed by atoms with E-state index in [1.807, 2.05) is 0 Å². The molecule has 1 N–H and O–H groups in total. The number of nitrogens with zero attached hydrogens (tertiary/aromatic N) is 1. The Morgan fingerprint density at radius 1 is 1.32 bits per heavy atom. The first-order chi connectivity index (χ1) is 11.9. The number of nitrogens with one attached hydrogen (secondary N) is 1. The van der Waals surface area contributed by atoms with Crippen molar-refractivity contribution in [3.05, 3.63) is 58.2 Å². The summed E-state index contributed by atoms with van der Waals surface area (Å²) in [6.07, 6.45) is 1.87. The molecule has 1 aromatic carbocycles. The molecule has 3 rings (SSSR count). The summed E-state index contributed by atoms with van der Waals surface area (Å²) in [5.74, 6) is -0.962. The zero-order chi connectivity index (χ0) is 18.1. The molecule has 0 saturated heterocycles. The lowest BCUT2D eigenvalue weighted by atomic mass is 10.1. The maximum absolute atomic E-state index is 13.4.